The molecule has 29 heavy (non-hydrogen) atoms. The van der Waals surface area contributed by atoms with Crippen molar-refractivity contribution < 1.29 is 4.42 Å². The van der Waals surface area contributed by atoms with Gasteiger partial charge in [-0.1, -0.05) is 24.3 Å². The number of rotatable bonds is 5. The summed E-state index contributed by atoms with van der Waals surface area (Å²) < 4.78 is 7.59. The maximum Gasteiger partial charge on any atom is 0.417 e. The zero-order chi connectivity index (χ0) is 19.8. The van der Waals surface area contributed by atoms with E-state index in [-0.39, 0.29) is 5.76 Å². The molecular formula is C23H26N4O2. The second-order valence-corrected chi connectivity index (χ2v) is 7.88. The van der Waals surface area contributed by atoms with Gasteiger partial charge in [0.1, 0.15) is 0 Å². The third kappa shape index (κ3) is 3.44. The maximum atomic E-state index is 11.5. The molecule has 0 saturated carbocycles. The van der Waals surface area contributed by atoms with Crippen LogP contribution in [0.5, 0.6) is 0 Å². The first kappa shape index (κ1) is 18.1. The van der Waals surface area contributed by atoms with Crippen LogP contribution in [0.4, 0.5) is 5.69 Å². The number of piperazine rings is 1. The van der Waals surface area contributed by atoms with Crippen molar-refractivity contribution in [2.75, 3.05) is 37.6 Å². The van der Waals surface area contributed by atoms with Gasteiger partial charge in [-0.05, 0) is 43.1 Å². The number of aryl methyl sites for hydroxylation is 2. The number of oxazole rings is 1. The second-order valence-electron chi connectivity index (χ2n) is 7.88. The Bertz CT molecular complexity index is 1190. The van der Waals surface area contributed by atoms with Gasteiger partial charge < -0.3 is 13.9 Å². The number of fused-ring (bicyclic) bond motifs is 2. The summed E-state index contributed by atoms with van der Waals surface area (Å²) in [6.07, 6.45) is 4.54. The molecule has 6 heteroatoms. The lowest BCUT2D eigenvalue weighted by Gasteiger charge is -2.36. The fourth-order valence-electron chi connectivity index (χ4n) is 4.54. The van der Waals surface area contributed by atoms with Crippen LogP contribution in [0.15, 0.2) is 57.9 Å². The molecule has 0 aliphatic carbocycles. The van der Waals surface area contributed by atoms with Crippen molar-refractivity contribution in [1.29, 1.82) is 0 Å². The van der Waals surface area contributed by atoms with Gasteiger partial charge in [0.25, 0.3) is 0 Å². The predicted octanol–water partition coefficient (Wildman–Crippen LogP) is 3.37. The molecule has 1 fully saturated rings. The number of aromatic amines is 1. The number of para-hydroxylation sites is 2. The van der Waals surface area contributed by atoms with E-state index in [4.69, 9.17) is 4.42 Å². The van der Waals surface area contributed by atoms with E-state index in [9.17, 15) is 4.79 Å². The summed E-state index contributed by atoms with van der Waals surface area (Å²) in [7, 11) is 2.12. The number of nitrogens with one attached hydrogen (secondary N) is 1. The molecule has 0 amide bonds. The van der Waals surface area contributed by atoms with Gasteiger partial charge in [0.2, 0.25) is 0 Å². The first-order chi connectivity index (χ1) is 14.2. The second kappa shape index (κ2) is 7.44. The van der Waals surface area contributed by atoms with E-state index < -0.39 is 0 Å². The van der Waals surface area contributed by atoms with Crippen LogP contribution in [-0.4, -0.2) is 47.2 Å². The molecule has 150 valence electrons. The molecule has 1 saturated heterocycles. The van der Waals surface area contributed by atoms with E-state index in [2.05, 4.69) is 56.9 Å². The van der Waals surface area contributed by atoms with Gasteiger partial charge in [-0.15, -0.1) is 0 Å². The van der Waals surface area contributed by atoms with Crippen LogP contribution in [0.25, 0.3) is 22.0 Å². The topological polar surface area (TPSA) is 57.4 Å². The Hall–Kier alpha value is -2.99. The van der Waals surface area contributed by atoms with Crippen LogP contribution in [0, 0.1) is 0 Å². The summed E-state index contributed by atoms with van der Waals surface area (Å²) in [5, 5.41) is 1.38. The smallest absolute Gasteiger partial charge is 0.406 e. The molecule has 1 aliphatic rings. The van der Waals surface area contributed by atoms with E-state index in [1.807, 2.05) is 18.2 Å². The SMILES string of the molecule is Cn1cc(CCCN2CCN(c3cccc4[nH]c(=O)oc34)CC2)c2ccccc21. The molecule has 0 spiro atoms. The van der Waals surface area contributed by atoms with E-state index in [1.54, 1.807) is 0 Å². The lowest BCUT2D eigenvalue weighted by molar-refractivity contribution is 0.255. The van der Waals surface area contributed by atoms with Crippen LogP contribution in [0.2, 0.25) is 0 Å². The third-order valence-corrected chi connectivity index (χ3v) is 6.04. The lowest BCUT2D eigenvalue weighted by atomic mass is 10.1. The number of aromatic nitrogens is 2. The number of benzene rings is 2. The zero-order valence-corrected chi connectivity index (χ0v) is 16.7. The fraction of sp³-hybridized carbons (Fsp3) is 0.348. The van der Waals surface area contributed by atoms with Gasteiger partial charge in [-0.3, -0.25) is 9.88 Å². The molecule has 0 unspecified atom stereocenters. The monoisotopic (exact) mass is 390 g/mol. The number of H-pyrrole nitrogens is 1. The predicted molar refractivity (Wildman–Crippen MR) is 117 cm³/mol. The molecule has 6 nitrogen and oxygen atoms in total. The summed E-state index contributed by atoms with van der Waals surface area (Å²) in [5.41, 5.74) is 5.20. The molecule has 1 N–H and O–H groups in total. The summed E-state index contributed by atoms with van der Waals surface area (Å²) >= 11 is 0. The molecule has 0 atom stereocenters. The largest absolute Gasteiger partial charge is 0.417 e. The Morgan fingerprint density at radius 2 is 1.86 bits per heavy atom. The molecule has 2 aromatic heterocycles. The van der Waals surface area contributed by atoms with Crippen molar-refractivity contribution in [3.05, 3.63) is 64.8 Å². The summed E-state index contributed by atoms with van der Waals surface area (Å²) in [5.74, 6) is -0.389. The molecule has 2 aromatic carbocycles. The van der Waals surface area contributed by atoms with E-state index in [0.29, 0.717) is 5.58 Å². The Balaban J connectivity index is 1.18. The normalized spacial score (nSPS) is 15.6. The molecule has 0 bridgehead atoms. The van der Waals surface area contributed by atoms with Gasteiger partial charge in [0.05, 0.1) is 11.2 Å². The quantitative estimate of drug-likeness (QED) is 0.568. The van der Waals surface area contributed by atoms with E-state index in [0.717, 1.165) is 56.8 Å². The number of nitrogens with zero attached hydrogens (tertiary/aromatic N) is 3. The molecule has 1 aliphatic heterocycles. The number of hydrogen-bond donors (Lipinski definition) is 1. The number of anilines is 1. The summed E-state index contributed by atoms with van der Waals surface area (Å²) in [6.45, 7) is 5.06. The Kier molecular flexibility index (Phi) is 4.64. The first-order valence-electron chi connectivity index (χ1n) is 10.3. The van der Waals surface area contributed by atoms with Gasteiger partial charge in [-0.25, -0.2) is 4.79 Å². The molecule has 4 aromatic rings. The third-order valence-electron chi connectivity index (χ3n) is 6.04. The molecular weight excluding hydrogens is 364 g/mol. The van der Waals surface area contributed by atoms with Crippen LogP contribution >= 0.6 is 0 Å². The van der Waals surface area contributed by atoms with E-state index >= 15 is 0 Å². The van der Waals surface area contributed by atoms with Crippen LogP contribution in [0.3, 0.4) is 0 Å². The minimum atomic E-state index is -0.389. The minimum Gasteiger partial charge on any atom is -0.406 e. The molecule has 3 heterocycles. The van der Waals surface area contributed by atoms with Crippen molar-refractivity contribution in [2.24, 2.45) is 7.05 Å². The van der Waals surface area contributed by atoms with Crippen molar-refractivity contribution in [3.63, 3.8) is 0 Å². The summed E-state index contributed by atoms with van der Waals surface area (Å²) in [6, 6.07) is 14.5. The summed E-state index contributed by atoms with van der Waals surface area (Å²) in [4.78, 5) is 19.1. The lowest BCUT2D eigenvalue weighted by Crippen LogP contribution is -2.46. The highest BCUT2D eigenvalue weighted by Crippen LogP contribution is 2.26. The van der Waals surface area contributed by atoms with Crippen molar-refractivity contribution >= 4 is 27.7 Å². The van der Waals surface area contributed by atoms with Crippen LogP contribution < -0.4 is 10.7 Å². The average Bonchev–Trinajstić information content (AvgIpc) is 3.28. The average molecular weight is 390 g/mol. The number of hydrogen-bond acceptors (Lipinski definition) is 4. The minimum absolute atomic E-state index is 0.389. The Morgan fingerprint density at radius 1 is 1.03 bits per heavy atom. The highest BCUT2D eigenvalue weighted by atomic mass is 16.4. The van der Waals surface area contributed by atoms with Crippen molar-refractivity contribution in [3.8, 4) is 0 Å². The molecule has 0 radical (unpaired) electrons. The highest BCUT2D eigenvalue weighted by molar-refractivity contribution is 5.86. The molecule has 5 rings (SSSR count). The van der Waals surface area contributed by atoms with E-state index in [1.165, 1.54) is 16.5 Å². The fourth-order valence-corrected chi connectivity index (χ4v) is 4.54. The zero-order valence-electron chi connectivity index (χ0n) is 16.7. The van der Waals surface area contributed by atoms with Crippen molar-refractivity contribution in [1.82, 2.24) is 14.5 Å². The Morgan fingerprint density at radius 3 is 2.72 bits per heavy atom. The van der Waals surface area contributed by atoms with Gasteiger partial charge in [0.15, 0.2) is 5.58 Å². The van der Waals surface area contributed by atoms with Gasteiger partial charge in [0, 0.05) is 50.3 Å². The van der Waals surface area contributed by atoms with Gasteiger partial charge >= 0.3 is 5.76 Å². The van der Waals surface area contributed by atoms with Crippen LogP contribution in [0.1, 0.15) is 12.0 Å². The Labute approximate surface area is 169 Å². The maximum absolute atomic E-state index is 11.5. The van der Waals surface area contributed by atoms with Crippen LogP contribution in [-0.2, 0) is 13.5 Å². The first-order valence-corrected chi connectivity index (χ1v) is 10.3. The van der Waals surface area contributed by atoms with Gasteiger partial charge in [-0.2, -0.15) is 0 Å². The standard InChI is InChI=1S/C23H26N4O2/c1-25-16-17(18-7-2-3-9-20(18)25)6-5-11-26-12-14-27(15-13-26)21-10-4-8-19-22(21)29-23(28)24-19/h2-4,7-10,16H,5-6,11-15H2,1H3,(H,24,28). The van der Waals surface area contributed by atoms with Crippen molar-refractivity contribution in [2.45, 2.75) is 12.8 Å². The highest BCUT2D eigenvalue weighted by Gasteiger charge is 2.20.